The van der Waals surface area contributed by atoms with Crippen LogP contribution in [0.3, 0.4) is 0 Å². The normalized spacial score (nSPS) is 13.5. The van der Waals surface area contributed by atoms with Gasteiger partial charge in [-0.15, -0.1) is 0 Å². The van der Waals surface area contributed by atoms with E-state index in [9.17, 15) is 4.79 Å². The van der Waals surface area contributed by atoms with Gasteiger partial charge in [0.15, 0.2) is 8.07 Å². The molecule has 1 unspecified atom stereocenters. The Bertz CT molecular complexity index is 522. The minimum Gasteiger partial charge on any atom is -0.497 e. The van der Waals surface area contributed by atoms with Gasteiger partial charge < -0.3 is 9.47 Å². The van der Waals surface area contributed by atoms with Crippen LogP contribution >= 0.6 is 0 Å². The van der Waals surface area contributed by atoms with Crippen molar-refractivity contribution in [1.29, 1.82) is 0 Å². The first kappa shape index (κ1) is 16.0. The zero-order valence-electron chi connectivity index (χ0n) is 12.0. The molecule has 4 heteroatoms. The Labute approximate surface area is 121 Å². The maximum Gasteiger partial charge on any atom is 0.329 e. The van der Waals surface area contributed by atoms with E-state index in [1.165, 1.54) is 6.08 Å². The average molecular weight is 288 g/mol. The van der Waals surface area contributed by atoms with Gasteiger partial charge in [-0.3, -0.25) is 0 Å². The number of allylic oxidation sites excluding steroid dienone is 2. The van der Waals surface area contributed by atoms with Crippen molar-refractivity contribution in [2.45, 2.75) is 6.55 Å². The summed E-state index contributed by atoms with van der Waals surface area (Å²) in [6.45, 7) is 9.22. The molecule has 20 heavy (non-hydrogen) atoms. The summed E-state index contributed by atoms with van der Waals surface area (Å²) < 4.78 is 10.7. The lowest BCUT2D eigenvalue weighted by atomic mass is 10.3. The van der Waals surface area contributed by atoms with Crippen molar-refractivity contribution < 1.29 is 14.3 Å². The Balaban J connectivity index is 3.15. The van der Waals surface area contributed by atoms with E-state index < -0.39 is 14.0 Å². The van der Waals surface area contributed by atoms with Crippen molar-refractivity contribution in [2.75, 3.05) is 13.3 Å². The SMILES string of the molecule is C=C/C=C/[Si](C)(COC(=O)C=C)c1ccccc1OC. The van der Waals surface area contributed by atoms with E-state index in [1.54, 1.807) is 13.2 Å². The Morgan fingerprint density at radius 1 is 1.35 bits per heavy atom. The Kier molecular flexibility index (Phi) is 5.99. The summed E-state index contributed by atoms with van der Waals surface area (Å²) in [7, 11) is -0.519. The second kappa shape index (κ2) is 7.50. The number of hydrogen-bond donors (Lipinski definition) is 0. The summed E-state index contributed by atoms with van der Waals surface area (Å²) in [5.74, 6) is 0.399. The number of benzene rings is 1. The Hall–Kier alpha value is -2.07. The molecule has 0 spiro atoms. The van der Waals surface area contributed by atoms with Crippen LogP contribution in [0, 0.1) is 0 Å². The Morgan fingerprint density at radius 2 is 2.05 bits per heavy atom. The number of ether oxygens (including phenoxy) is 2. The molecule has 1 aromatic carbocycles. The molecule has 0 heterocycles. The molecular formula is C16H20O3Si. The average Bonchev–Trinajstić information content (AvgIpc) is 2.50. The molecule has 0 aromatic heterocycles. The molecular weight excluding hydrogens is 268 g/mol. The highest BCUT2D eigenvalue weighted by atomic mass is 28.3. The quantitative estimate of drug-likeness (QED) is 0.335. The van der Waals surface area contributed by atoms with Crippen LogP contribution in [0.15, 0.2) is 61.4 Å². The third kappa shape index (κ3) is 3.96. The largest absolute Gasteiger partial charge is 0.497 e. The fourth-order valence-corrected chi connectivity index (χ4v) is 4.55. The number of hydrogen-bond acceptors (Lipinski definition) is 3. The van der Waals surface area contributed by atoms with Gasteiger partial charge in [0.1, 0.15) is 5.75 Å². The maximum atomic E-state index is 11.3. The second-order valence-corrected chi connectivity index (χ2v) is 8.52. The minimum absolute atomic E-state index is 0.336. The van der Waals surface area contributed by atoms with Gasteiger partial charge in [-0.1, -0.05) is 55.8 Å². The lowest BCUT2D eigenvalue weighted by Crippen LogP contribution is -2.49. The highest BCUT2D eigenvalue weighted by Gasteiger charge is 2.31. The summed E-state index contributed by atoms with van der Waals surface area (Å²) in [6, 6.07) is 7.81. The van der Waals surface area contributed by atoms with Crippen LogP contribution in [0.2, 0.25) is 6.55 Å². The molecule has 0 fully saturated rings. The lowest BCUT2D eigenvalue weighted by Gasteiger charge is -2.25. The van der Waals surface area contributed by atoms with E-state index in [4.69, 9.17) is 9.47 Å². The van der Waals surface area contributed by atoms with Crippen LogP contribution in [0.5, 0.6) is 5.75 Å². The summed E-state index contributed by atoms with van der Waals surface area (Å²) in [6.07, 6.45) is 5.12. The highest BCUT2D eigenvalue weighted by Crippen LogP contribution is 2.16. The number of para-hydroxylation sites is 1. The number of methoxy groups -OCH3 is 1. The summed E-state index contributed by atoms with van der Waals surface area (Å²) in [5, 5.41) is 1.08. The van der Waals surface area contributed by atoms with Crippen molar-refractivity contribution in [2.24, 2.45) is 0 Å². The first-order valence-corrected chi connectivity index (χ1v) is 9.09. The van der Waals surface area contributed by atoms with Gasteiger partial charge in [0, 0.05) is 6.08 Å². The van der Waals surface area contributed by atoms with Crippen molar-refractivity contribution in [3.8, 4) is 5.75 Å². The summed E-state index contributed by atoms with van der Waals surface area (Å²) in [5.41, 5.74) is 2.08. The maximum absolute atomic E-state index is 11.3. The number of esters is 1. The zero-order chi connectivity index (χ0) is 15.0. The Morgan fingerprint density at radius 3 is 2.65 bits per heavy atom. The van der Waals surface area contributed by atoms with E-state index in [-0.39, 0.29) is 0 Å². The van der Waals surface area contributed by atoms with E-state index in [0.717, 1.165) is 10.9 Å². The number of rotatable bonds is 7. The fraction of sp³-hybridized carbons (Fsp3) is 0.188. The molecule has 106 valence electrons. The number of carbonyl (C=O) groups is 1. The van der Waals surface area contributed by atoms with Crippen molar-refractivity contribution >= 4 is 19.2 Å². The first-order chi connectivity index (χ1) is 9.57. The molecule has 1 atom stereocenters. The molecule has 0 radical (unpaired) electrons. The first-order valence-electron chi connectivity index (χ1n) is 6.30. The van der Waals surface area contributed by atoms with Gasteiger partial charge >= 0.3 is 5.97 Å². The van der Waals surface area contributed by atoms with Gasteiger partial charge in [-0.2, -0.15) is 0 Å². The molecule has 0 amide bonds. The third-order valence-electron chi connectivity index (χ3n) is 3.00. The van der Waals surface area contributed by atoms with Crippen LogP contribution in [-0.2, 0) is 9.53 Å². The lowest BCUT2D eigenvalue weighted by molar-refractivity contribution is -0.135. The van der Waals surface area contributed by atoms with Gasteiger partial charge in [-0.25, -0.2) is 4.79 Å². The van der Waals surface area contributed by atoms with Crippen LogP contribution in [0.25, 0.3) is 0 Å². The summed E-state index contributed by atoms with van der Waals surface area (Å²) in [4.78, 5) is 11.3. The van der Waals surface area contributed by atoms with Gasteiger partial charge in [0.05, 0.1) is 13.3 Å². The zero-order valence-corrected chi connectivity index (χ0v) is 13.0. The topological polar surface area (TPSA) is 35.5 Å². The highest BCUT2D eigenvalue weighted by molar-refractivity contribution is 6.95. The van der Waals surface area contributed by atoms with Crippen molar-refractivity contribution in [3.63, 3.8) is 0 Å². The molecule has 0 saturated carbocycles. The summed E-state index contributed by atoms with van der Waals surface area (Å²) >= 11 is 0. The van der Waals surface area contributed by atoms with Gasteiger partial charge in [0.25, 0.3) is 0 Å². The fourth-order valence-electron chi connectivity index (χ4n) is 1.89. The predicted molar refractivity (Wildman–Crippen MR) is 84.7 cm³/mol. The monoisotopic (exact) mass is 288 g/mol. The van der Waals surface area contributed by atoms with E-state index in [2.05, 4.69) is 25.4 Å². The van der Waals surface area contributed by atoms with Crippen LogP contribution in [0.1, 0.15) is 0 Å². The standard InChI is InChI=1S/C16H20O3Si/c1-5-7-12-20(4,13-19-16(17)6-2)15-11-9-8-10-14(15)18-3/h5-12H,1-2,13H2,3-4H3/b12-7+. The number of carbonyl (C=O) groups excluding carboxylic acids is 1. The molecule has 0 saturated heterocycles. The van der Waals surface area contributed by atoms with Crippen LogP contribution < -0.4 is 9.92 Å². The van der Waals surface area contributed by atoms with Crippen LogP contribution in [0.4, 0.5) is 0 Å². The van der Waals surface area contributed by atoms with Crippen molar-refractivity contribution in [1.82, 2.24) is 0 Å². The van der Waals surface area contributed by atoms with Crippen LogP contribution in [-0.4, -0.2) is 27.4 Å². The third-order valence-corrected chi connectivity index (χ3v) is 6.32. The van der Waals surface area contributed by atoms with Crippen molar-refractivity contribution in [3.05, 3.63) is 61.4 Å². The van der Waals surface area contributed by atoms with E-state index in [0.29, 0.717) is 6.23 Å². The molecule has 1 aromatic rings. The molecule has 0 bridgehead atoms. The van der Waals surface area contributed by atoms with E-state index in [1.807, 2.05) is 30.3 Å². The molecule has 3 nitrogen and oxygen atoms in total. The van der Waals surface area contributed by atoms with Gasteiger partial charge in [0.2, 0.25) is 0 Å². The van der Waals surface area contributed by atoms with Gasteiger partial charge in [-0.05, 0) is 11.3 Å². The molecule has 0 aliphatic heterocycles. The molecule has 1 rings (SSSR count). The van der Waals surface area contributed by atoms with E-state index >= 15 is 0 Å². The molecule has 0 N–H and O–H groups in total. The molecule has 0 aliphatic carbocycles. The smallest absolute Gasteiger partial charge is 0.329 e. The molecule has 0 aliphatic rings. The predicted octanol–water partition coefficient (Wildman–Crippen LogP) is 2.53. The minimum atomic E-state index is -2.16. The second-order valence-electron chi connectivity index (χ2n) is 4.52.